The average molecular weight is 1700 g/mol. The van der Waals surface area contributed by atoms with Crippen molar-refractivity contribution in [1.82, 2.24) is 36.9 Å². The number of nitrogens with one attached hydrogen (secondary N) is 6. The summed E-state index contributed by atoms with van der Waals surface area (Å²) in [4.78, 5) is 116. The zero-order valence-electron chi connectivity index (χ0n) is 60.8. The van der Waals surface area contributed by atoms with E-state index < -0.39 is 208 Å². The third-order valence-electron chi connectivity index (χ3n) is 19.3. The van der Waals surface area contributed by atoms with Gasteiger partial charge in [0.05, 0.1) is 57.0 Å². The summed E-state index contributed by atoms with van der Waals surface area (Å²) in [5.41, 5.74) is 14.8. The smallest absolute Gasteiger partial charge is 0.330 e. The molecule has 5 aliphatic rings. The molecule has 6 aromatic carbocycles. The van der Waals surface area contributed by atoms with E-state index in [2.05, 4.69) is 36.9 Å². The molecule has 33 nitrogen and oxygen atoms in total. The number of nitrogens with two attached hydrogens (primary N) is 3. The fourth-order valence-corrected chi connectivity index (χ4v) is 16.1. The van der Waals surface area contributed by atoms with E-state index in [4.69, 9.17) is 80.4 Å². The number of halogens is 3. The molecule has 2 saturated heterocycles. The van der Waals surface area contributed by atoms with Gasteiger partial charge in [-0.2, -0.15) is 0 Å². The summed E-state index contributed by atoms with van der Waals surface area (Å²) in [6.45, 7) is 8.12. The number of thiazole rings is 1. The Bertz CT molecular complexity index is 4820. The number of thioether (sulfide) groups is 1. The number of benzene rings is 6. The number of aliphatic hydroxyl groups is 5. The number of primary amides is 2. The number of aliphatic hydroxyl groups excluding tert-OH is 5. The SMILES string of the molecule is CN[C@@H](CC(C)C)C(=O)N[C@@H](C(=O)N[C@@H](CC(N)=O)C(N)=O)[C@H](O)c1ccc(Oc2cc3cc(c2OC2OC(CSc4nc5cc(Cl)ccc5s4)C(O)C(O)C2OC2CC(C)(N)C(O)C(C)O2)Oc2ccc(cc2Cl)[C@@H](O)C2NC(=O)[C@H](NC(=O)[C@@H]3C)c3ccc(O)c(c3)-c3c(O)cc(O)cc3[C@H](C(=O)O)NC2=O)c(Cl)c1.[V]. The predicted molar refractivity (Wildman–Crippen MR) is 404 cm³/mol. The number of aliphatic carboxylic acids is 1. The van der Waals surface area contributed by atoms with Gasteiger partial charge in [-0.3, -0.25) is 33.6 Å². The number of phenolic OH excluding ortho intramolecular Hbond substituents is 3. The van der Waals surface area contributed by atoms with Gasteiger partial charge in [0.1, 0.15) is 77.3 Å². The Morgan fingerprint density at radius 2 is 1.50 bits per heavy atom. The topological polar surface area (TPSA) is 537 Å². The minimum Gasteiger partial charge on any atom is -0.508 e. The van der Waals surface area contributed by atoms with Crippen LogP contribution < -0.4 is 63.3 Å². The molecule has 0 saturated carbocycles. The van der Waals surface area contributed by atoms with E-state index >= 15 is 9.59 Å². The number of amides is 7. The molecule has 603 valence electrons. The molecular weight excluding hydrogens is 1620 g/mol. The van der Waals surface area contributed by atoms with Crippen molar-refractivity contribution < 1.29 is 131 Å². The summed E-state index contributed by atoms with van der Waals surface area (Å²) < 4.78 is 41.0. The van der Waals surface area contributed by atoms with E-state index in [1.165, 1.54) is 74.7 Å². The minimum atomic E-state index is -2.18. The molecule has 7 amide bonds. The fraction of sp³-hybridized carbons (Fsp3) is 0.392. The van der Waals surface area contributed by atoms with Gasteiger partial charge in [0.2, 0.25) is 53.4 Å². The molecule has 1 radical (unpaired) electrons. The van der Waals surface area contributed by atoms with Crippen LogP contribution in [0.1, 0.15) is 112 Å². The molecule has 113 heavy (non-hydrogen) atoms. The van der Waals surface area contributed by atoms with E-state index in [0.29, 0.717) is 14.9 Å². The van der Waals surface area contributed by atoms with Crippen LogP contribution in [0.3, 0.4) is 0 Å². The maximum Gasteiger partial charge on any atom is 0.330 e. The summed E-state index contributed by atoms with van der Waals surface area (Å²) in [6.07, 6.45) is -17.3. The van der Waals surface area contributed by atoms with Gasteiger partial charge >= 0.3 is 5.97 Å². The molecule has 39 heteroatoms. The molecule has 8 bridgehead atoms. The maximum atomic E-state index is 15.4. The van der Waals surface area contributed by atoms with Gasteiger partial charge < -0.3 is 123 Å². The summed E-state index contributed by atoms with van der Waals surface area (Å²) >= 11 is 23.1. The first-order chi connectivity index (χ1) is 52.9. The average Bonchev–Trinajstić information content (AvgIpc) is 1.08. The number of carbonyl (C=O) groups excluding carboxylic acids is 7. The van der Waals surface area contributed by atoms with Crippen LogP contribution in [-0.2, 0) is 71.1 Å². The van der Waals surface area contributed by atoms with Crippen molar-refractivity contribution in [2.75, 3.05) is 12.8 Å². The third kappa shape index (κ3) is 19.4. The van der Waals surface area contributed by atoms with Crippen molar-refractivity contribution >= 4 is 115 Å². The normalized spacial score (nSPS) is 25.4. The van der Waals surface area contributed by atoms with Crippen molar-refractivity contribution in [3.05, 3.63) is 140 Å². The maximum absolute atomic E-state index is 15.4. The van der Waals surface area contributed by atoms with Crippen LogP contribution in [0.2, 0.25) is 15.1 Å². The monoisotopic (exact) mass is 1700 g/mol. The van der Waals surface area contributed by atoms with Crippen LogP contribution in [0, 0.1) is 5.92 Å². The number of phenols is 3. The Kier molecular flexibility index (Phi) is 27.5. The standard InChI is InChI=1S/C74H81Cl3N10O23S2.V/c1-27(2)15-42(81-6)67(99)86-56(69(101)82-41(65(79)97)24-51(78)91)58(92)31-8-12-45(38(76)17-31)106-47-19-33-20-48(62(47)110-72-63(109-52-25-74(5,80)64(96)29(4)105-52)61(95)60(94)49(108-72)26-111-73-83-40-21-34(75)10-14-50(40)112-73)107-46-13-9-32(18-39(46)77)59(93)57-70(102)85-55(71(103)104)37-22-35(88)23-44(90)53(37)36-16-30(7-11-43(36)89)54(68(100)87-57)84-66(98)28(33)3;/h7-14,16-23,27-29,41-42,49,52,54-61,63-64,72,81,88-90,92-96H,15,24-26,80H2,1-6H3,(H2,78,91)(H2,79,97)(H,82,101)(H,84,98)(H,85,102)(H,86,99)(H,87,100)(H,103,104);/t28-,29?,41+,42+,49?,52?,54-,55-,56-,57?,58-,59-,60?,61?,63?,64?,72?,74?;/m1./s1. The number of hydrogen-bond acceptors (Lipinski definition) is 27. The van der Waals surface area contributed by atoms with Gasteiger partial charge in [0.25, 0.3) is 0 Å². The van der Waals surface area contributed by atoms with E-state index in [9.17, 15) is 74.7 Å². The first-order valence-corrected chi connectivity index (χ1v) is 37.8. The van der Waals surface area contributed by atoms with E-state index in [1.807, 2.05) is 13.8 Å². The first kappa shape index (κ1) is 86.6. The molecule has 7 aromatic rings. The van der Waals surface area contributed by atoms with E-state index in [0.717, 1.165) is 52.9 Å². The van der Waals surface area contributed by atoms with Crippen molar-refractivity contribution in [3.63, 3.8) is 0 Å². The van der Waals surface area contributed by atoms with Gasteiger partial charge in [-0.05, 0) is 135 Å². The van der Waals surface area contributed by atoms with Crippen LogP contribution >= 0.6 is 57.9 Å². The third-order valence-corrected chi connectivity index (χ3v) is 22.4. The van der Waals surface area contributed by atoms with Crippen molar-refractivity contribution in [2.24, 2.45) is 23.1 Å². The molecule has 18 atom stereocenters. The summed E-state index contributed by atoms with van der Waals surface area (Å²) in [5, 5.41) is 120. The Morgan fingerprint density at radius 3 is 2.17 bits per heavy atom. The number of aromatic nitrogens is 1. The molecule has 5 aliphatic heterocycles. The van der Waals surface area contributed by atoms with Crippen LogP contribution in [0.15, 0.2) is 101 Å². The zero-order valence-corrected chi connectivity index (χ0v) is 66.1. The second-order valence-electron chi connectivity index (χ2n) is 28.1. The quantitative estimate of drug-likeness (QED) is 0.0413. The number of fused-ring (bicyclic) bond motifs is 9. The number of nitrogens with zero attached hydrogens (tertiary/aromatic N) is 1. The van der Waals surface area contributed by atoms with Gasteiger partial charge in [-0.25, -0.2) is 9.78 Å². The van der Waals surface area contributed by atoms with Crippen molar-refractivity contribution in [1.29, 1.82) is 0 Å². The Morgan fingerprint density at radius 1 is 0.779 bits per heavy atom. The molecule has 21 N–H and O–H groups in total. The van der Waals surface area contributed by atoms with Gasteiger partial charge in [-0.1, -0.05) is 78.6 Å². The second kappa shape index (κ2) is 35.9. The largest absolute Gasteiger partial charge is 0.508 e. The Labute approximate surface area is 679 Å². The predicted octanol–water partition coefficient (Wildman–Crippen LogP) is 4.58. The van der Waals surface area contributed by atoms with Crippen LogP contribution in [0.4, 0.5) is 0 Å². The molecule has 10 unspecified atom stereocenters. The van der Waals surface area contributed by atoms with Crippen LogP contribution in [0.25, 0.3) is 21.3 Å². The van der Waals surface area contributed by atoms with Crippen molar-refractivity contribution in [3.8, 4) is 57.1 Å². The Hall–Kier alpha value is -8.83. The molecule has 1 aromatic heterocycles. The van der Waals surface area contributed by atoms with Gasteiger partial charge in [0.15, 0.2) is 34.3 Å². The number of carbonyl (C=O) groups is 8. The van der Waals surface area contributed by atoms with E-state index in [-0.39, 0.29) is 92.4 Å². The molecule has 0 spiro atoms. The number of hydrogen-bond donors (Lipinski definition) is 18. The number of carboxylic acid groups (broad SMARTS) is 1. The van der Waals surface area contributed by atoms with Crippen LogP contribution in [0.5, 0.6) is 46.0 Å². The number of rotatable bonds is 22. The molecule has 6 heterocycles. The summed E-state index contributed by atoms with van der Waals surface area (Å²) in [5.74, 6) is -15.4. The van der Waals surface area contributed by atoms with Crippen LogP contribution in [-0.4, -0.2) is 190 Å². The number of likely N-dealkylation sites (N-methyl/N-ethyl adjacent to an activating group) is 1. The number of carboxylic acids is 1. The first-order valence-electron chi connectivity index (χ1n) is 34.9. The molecular formula is C74H81Cl3N10O23S2V. The number of ether oxygens (including phenoxy) is 6. The summed E-state index contributed by atoms with van der Waals surface area (Å²) in [7, 11) is 1.50. The molecule has 12 rings (SSSR count). The number of aromatic hydroxyl groups is 3. The van der Waals surface area contributed by atoms with Gasteiger partial charge in [0, 0.05) is 64.0 Å². The summed E-state index contributed by atoms with van der Waals surface area (Å²) in [6, 6.07) is 9.00. The Balaban J connectivity index is 0.0000135. The molecule has 0 aliphatic carbocycles. The second-order valence-corrected chi connectivity index (χ2v) is 31.7. The van der Waals surface area contributed by atoms with Gasteiger partial charge in [-0.15, -0.1) is 11.3 Å². The van der Waals surface area contributed by atoms with E-state index in [1.54, 1.807) is 25.1 Å². The fourth-order valence-electron chi connectivity index (χ4n) is 13.3. The zero-order chi connectivity index (χ0) is 81.4. The minimum absolute atomic E-state index is 0. The van der Waals surface area contributed by atoms with Crippen molar-refractivity contribution in [2.45, 2.75) is 167 Å². The molecule has 2 fully saturated rings.